The minimum Gasteiger partial charge on any atom is -0.488 e. The number of amides is 1. The van der Waals surface area contributed by atoms with Crippen LogP contribution in [0.1, 0.15) is 11.1 Å². The molecule has 2 aromatic carbocycles. The summed E-state index contributed by atoms with van der Waals surface area (Å²) in [6.07, 6.45) is 0. The number of anilines is 1. The van der Waals surface area contributed by atoms with Gasteiger partial charge in [-0.1, -0.05) is 28.1 Å². The van der Waals surface area contributed by atoms with E-state index in [1.807, 2.05) is 63.4 Å². The summed E-state index contributed by atoms with van der Waals surface area (Å²) in [7, 11) is 1.99. The van der Waals surface area contributed by atoms with Crippen LogP contribution in [-0.4, -0.2) is 32.7 Å². The summed E-state index contributed by atoms with van der Waals surface area (Å²) in [4.78, 5) is 13.3. The monoisotopic (exact) mass is 391 g/mol. The van der Waals surface area contributed by atoms with Gasteiger partial charge in [0.05, 0.1) is 7.05 Å². The van der Waals surface area contributed by atoms with Crippen molar-refractivity contribution in [2.24, 2.45) is 0 Å². The summed E-state index contributed by atoms with van der Waals surface area (Å²) in [5.41, 5.74) is 3.18. The number of rotatable bonds is 7. The molecule has 0 spiro atoms. The van der Waals surface area contributed by atoms with Crippen LogP contribution in [0.25, 0.3) is 0 Å². The molecule has 0 aliphatic rings. The van der Waals surface area contributed by atoms with Crippen molar-refractivity contribution in [3.63, 3.8) is 0 Å². The second kappa shape index (κ2) is 8.85. The Hall–Kier alpha value is -1.85. The first-order chi connectivity index (χ1) is 11.5. The highest BCUT2D eigenvalue weighted by molar-refractivity contribution is 9.10. The Balaban J connectivity index is 1.75. The van der Waals surface area contributed by atoms with Crippen molar-refractivity contribution in [1.29, 1.82) is 0 Å². The molecule has 0 heterocycles. The van der Waals surface area contributed by atoms with Gasteiger partial charge in [-0.05, 0) is 55.3 Å². The second-order valence-electron chi connectivity index (χ2n) is 5.98. The average molecular weight is 392 g/mol. The molecule has 24 heavy (non-hydrogen) atoms. The van der Waals surface area contributed by atoms with Gasteiger partial charge >= 0.3 is 0 Å². The normalized spacial score (nSPS) is 11.8. The SMILES string of the molecule is Cc1cccc(NC(=O)C[NH+](C)CCOc2ccc(Br)cc2)c1C. The van der Waals surface area contributed by atoms with Crippen molar-refractivity contribution in [2.75, 3.05) is 32.1 Å². The summed E-state index contributed by atoms with van der Waals surface area (Å²) in [5, 5.41) is 2.99. The Labute approximate surface area is 151 Å². The predicted octanol–water partition coefficient (Wildman–Crippen LogP) is 2.60. The Morgan fingerprint density at radius 2 is 1.88 bits per heavy atom. The minimum absolute atomic E-state index is 0.0184. The van der Waals surface area contributed by atoms with Gasteiger partial charge in [0, 0.05) is 10.2 Å². The minimum atomic E-state index is 0.0184. The number of nitrogens with one attached hydrogen (secondary N) is 2. The number of hydrogen-bond donors (Lipinski definition) is 2. The van der Waals surface area contributed by atoms with Crippen LogP contribution in [0.15, 0.2) is 46.9 Å². The zero-order valence-corrected chi connectivity index (χ0v) is 15.9. The summed E-state index contributed by atoms with van der Waals surface area (Å²) in [6, 6.07) is 13.7. The molecule has 2 aromatic rings. The molecule has 4 nitrogen and oxygen atoms in total. The number of ether oxygens (including phenoxy) is 1. The van der Waals surface area contributed by atoms with E-state index in [0.29, 0.717) is 13.2 Å². The van der Waals surface area contributed by atoms with Crippen LogP contribution in [0.5, 0.6) is 5.75 Å². The summed E-state index contributed by atoms with van der Waals surface area (Å²) < 4.78 is 6.72. The highest BCUT2D eigenvalue weighted by Crippen LogP contribution is 2.17. The molecule has 0 saturated carbocycles. The van der Waals surface area contributed by atoms with Crippen LogP contribution in [0.2, 0.25) is 0 Å². The number of halogens is 1. The van der Waals surface area contributed by atoms with Crippen molar-refractivity contribution in [3.8, 4) is 5.75 Å². The van der Waals surface area contributed by atoms with E-state index in [9.17, 15) is 4.79 Å². The molecule has 0 fully saturated rings. The van der Waals surface area contributed by atoms with E-state index in [1.165, 1.54) is 5.56 Å². The smallest absolute Gasteiger partial charge is 0.279 e. The van der Waals surface area contributed by atoms with Crippen molar-refractivity contribution in [1.82, 2.24) is 0 Å². The molecule has 0 aliphatic carbocycles. The molecule has 2 rings (SSSR count). The maximum Gasteiger partial charge on any atom is 0.279 e. The molecule has 2 N–H and O–H groups in total. The number of carbonyl (C=O) groups is 1. The number of aryl methyl sites for hydroxylation is 1. The lowest BCUT2D eigenvalue weighted by Crippen LogP contribution is -3.10. The van der Waals surface area contributed by atoms with Crippen molar-refractivity contribution in [2.45, 2.75) is 13.8 Å². The predicted molar refractivity (Wildman–Crippen MR) is 101 cm³/mol. The molecular weight excluding hydrogens is 368 g/mol. The molecule has 0 bridgehead atoms. The van der Waals surface area contributed by atoms with Crippen molar-refractivity contribution >= 4 is 27.5 Å². The molecule has 5 heteroatoms. The molecule has 1 amide bonds. The van der Waals surface area contributed by atoms with Gasteiger partial charge in [-0.25, -0.2) is 0 Å². The van der Waals surface area contributed by atoms with Crippen LogP contribution >= 0.6 is 15.9 Å². The fourth-order valence-corrected chi connectivity index (χ4v) is 2.58. The third-order valence-electron chi connectivity index (χ3n) is 3.95. The molecule has 0 aromatic heterocycles. The molecular formula is C19H24BrN2O2+. The lowest BCUT2D eigenvalue weighted by molar-refractivity contribution is -0.871. The fraction of sp³-hybridized carbons (Fsp3) is 0.316. The first-order valence-electron chi connectivity index (χ1n) is 8.01. The third-order valence-corrected chi connectivity index (χ3v) is 4.48. The van der Waals surface area contributed by atoms with E-state index in [4.69, 9.17) is 4.74 Å². The Morgan fingerprint density at radius 3 is 2.58 bits per heavy atom. The second-order valence-corrected chi connectivity index (χ2v) is 6.90. The van der Waals surface area contributed by atoms with Gasteiger partial charge in [-0.15, -0.1) is 0 Å². The van der Waals surface area contributed by atoms with Gasteiger partial charge < -0.3 is 15.0 Å². The quantitative estimate of drug-likeness (QED) is 0.761. The van der Waals surface area contributed by atoms with Gasteiger partial charge in [0.2, 0.25) is 0 Å². The van der Waals surface area contributed by atoms with E-state index in [0.717, 1.165) is 32.9 Å². The first kappa shape index (κ1) is 18.5. The zero-order chi connectivity index (χ0) is 17.5. The maximum atomic E-state index is 12.2. The number of carbonyl (C=O) groups excluding carboxylic acids is 1. The lowest BCUT2D eigenvalue weighted by Gasteiger charge is -2.15. The van der Waals surface area contributed by atoms with Crippen LogP contribution in [-0.2, 0) is 4.79 Å². The summed E-state index contributed by atoms with van der Waals surface area (Å²) >= 11 is 3.40. The molecule has 1 unspecified atom stereocenters. The largest absolute Gasteiger partial charge is 0.488 e. The van der Waals surface area contributed by atoms with E-state index in [2.05, 4.69) is 21.2 Å². The number of benzene rings is 2. The molecule has 0 saturated heterocycles. The van der Waals surface area contributed by atoms with Crippen molar-refractivity contribution < 1.29 is 14.4 Å². The van der Waals surface area contributed by atoms with Gasteiger partial charge in [0.25, 0.3) is 5.91 Å². The Bertz CT molecular complexity index is 686. The first-order valence-corrected chi connectivity index (χ1v) is 8.80. The Kier molecular flexibility index (Phi) is 6.82. The fourth-order valence-electron chi connectivity index (χ4n) is 2.32. The highest BCUT2D eigenvalue weighted by atomic mass is 79.9. The van der Waals surface area contributed by atoms with E-state index < -0.39 is 0 Å². The zero-order valence-electron chi connectivity index (χ0n) is 14.4. The maximum absolute atomic E-state index is 12.2. The number of likely N-dealkylation sites (N-methyl/N-ethyl adjacent to an activating group) is 1. The van der Waals surface area contributed by atoms with Gasteiger partial charge in [0.1, 0.15) is 18.9 Å². The number of hydrogen-bond acceptors (Lipinski definition) is 2. The molecule has 128 valence electrons. The summed E-state index contributed by atoms with van der Waals surface area (Å²) in [6.45, 7) is 5.81. The standard InChI is InChI=1S/C19H23BrN2O2/c1-14-5-4-6-18(15(14)2)21-19(23)13-22(3)11-12-24-17-9-7-16(20)8-10-17/h4-10H,11-13H2,1-3H3,(H,21,23)/p+1. The van der Waals surface area contributed by atoms with Crippen LogP contribution in [0.3, 0.4) is 0 Å². The van der Waals surface area contributed by atoms with Crippen molar-refractivity contribution in [3.05, 3.63) is 58.1 Å². The molecule has 1 atom stereocenters. The van der Waals surface area contributed by atoms with E-state index >= 15 is 0 Å². The Morgan fingerprint density at radius 1 is 1.17 bits per heavy atom. The van der Waals surface area contributed by atoms with Crippen LogP contribution in [0.4, 0.5) is 5.69 Å². The topological polar surface area (TPSA) is 42.8 Å². The van der Waals surface area contributed by atoms with E-state index in [-0.39, 0.29) is 5.91 Å². The van der Waals surface area contributed by atoms with Gasteiger partial charge in [-0.3, -0.25) is 4.79 Å². The highest BCUT2D eigenvalue weighted by Gasteiger charge is 2.11. The van der Waals surface area contributed by atoms with Gasteiger partial charge in [-0.2, -0.15) is 0 Å². The molecule has 0 aliphatic heterocycles. The van der Waals surface area contributed by atoms with Crippen LogP contribution in [0, 0.1) is 13.8 Å². The van der Waals surface area contributed by atoms with Crippen LogP contribution < -0.4 is 15.0 Å². The lowest BCUT2D eigenvalue weighted by atomic mass is 10.1. The summed E-state index contributed by atoms with van der Waals surface area (Å²) in [5.74, 6) is 0.857. The number of quaternary nitrogens is 1. The average Bonchev–Trinajstić information content (AvgIpc) is 2.53. The third kappa shape index (κ3) is 5.65. The van der Waals surface area contributed by atoms with E-state index in [1.54, 1.807) is 0 Å². The molecule has 0 radical (unpaired) electrons. The van der Waals surface area contributed by atoms with Gasteiger partial charge in [0.15, 0.2) is 6.54 Å².